The van der Waals surface area contributed by atoms with Gasteiger partial charge in [0.1, 0.15) is 11.4 Å². The first-order chi connectivity index (χ1) is 10.8. The van der Waals surface area contributed by atoms with Gasteiger partial charge in [-0.3, -0.25) is 4.90 Å². The number of ether oxygens (including phenoxy) is 2. The zero-order valence-electron chi connectivity index (χ0n) is 14.5. The molecule has 130 valence electrons. The fourth-order valence-corrected chi connectivity index (χ4v) is 2.65. The van der Waals surface area contributed by atoms with Gasteiger partial charge in [-0.25, -0.2) is 9.78 Å². The van der Waals surface area contributed by atoms with Gasteiger partial charge in [-0.2, -0.15) is 0 Å². The summed E-state index contributed by atoms with van der Waals surface area (Å²) in [6.07, 6.45) is 4.87. The molecule has 23 heavy (non-hydrogen) atoms. The van der Waals surface area contributed by atoms with Crippen LogP contribution in [0.25, 0.3) is 0 Å². The van der Waals surface area contributed by atoms with E-state index in [0.29, 0.717) is 19.8 Å². The molecule has 0 spiro atoms. The van der Waals surface area contributed by atoms with E-state index in [-0.39, 0.29) is 18.2 Å². The molecule has 1 fully saturated rings. The summed E-state index contributed by atoms with van der Waals surface area (Å²) in [5.41, 5.74) is 5.82. The summed E-state index contributed by atoms with van der Waals surface area (Å²) in [6, 6.07) is -0.349. The van der Waals surface area contributed by atoms with E-state index in [1.807, 2.05) is 38.6 Å². The van der Waals surface area contributed by atoms with Crippen molar-refractivity contribution in [3.05, 3.63) is 18.2 Å². The molecule has 1 amide bonds. The van der Waals surface area contributed by atoms with E-state index in [1.165, 1.54) is 0 Å². The number of aryl methyl sites for hydroxylation is 2. The van der Waals surface area contributed by atoms with Gasteiger partial charge < -0.3 is 19.8 Å². The van der Waals surface area contributed by atoms with Gasteiger partial charge in [-0.05, 0) is 27.2 Å². The van der Waals surface area contributed by atoms with E-state index >= 15 is 0 Å². The molecular weight excluding hydrogens is 296 g/mol. The first-order valence-corrected chi connectivity index (χ1v) is 8.07. The molecule has 0 saturated carbocycles. The molecule has 0 aromatic carbocycles. The molecule has 7 nitrogen and oxygen atoms in total. The summed E-state index contributed by atoms with van der Waals surface area (Å²) < 4.78 is 13.0. The Morgan fingerprint density at radius 2 is 2.30 bits per heavy atom. The van der Waals surface area contributed by atoms with Crippen LogP contribution < -0.4 is 5.73 Å². The van der Waals surface area contributed by atoms with Crippen LogP contribution >= 0.6 is 0 Å². The Bertz CT molecular complexity index is 524. The first kappa shape index (κ1) is 17.7. The van der Waals surface area contributed by atoms with Gasteiger partial charge in [-0.15, -0.1) is 0 Å². The number of hydrogen-bond donors (Lipinski definition) is 1. The third-order valence-corrected chi connectivity index (χ3v) is 3.91. The van der Waals surface area contributed by atoms with E-state index in [9.17, 15) is 4.79 Å². The molecule has 1 aromatic heterocycles. The average molecular weight is 324 g/mol. The van der Waals surface area contributed by atoms with E-state index in [4.69, 9.17) is 15.2 Å². The van der Waals surface area contributed by atoms with Crippen LogP contribution in [0.2, 0.25) is 0 Å². The number of rotatable bonds is 4. The van der Waals surface area contributed by atoms with Crippen molar-refractivity contribution in [2.24, 2.45) is 12.8 Å². The Kier molecular flexibility index (Phi) is 5.64. The van der Waals surface area contributed by atoms with Crippen LogP contribution in [0.1, 0.15) is 33.0 Å². The third kappa shape index (κ3) is 4.94. The maximum atomic E-state index is 12.4. The predicted molar refractivity (Wildman–Crippen MR) is 87.1 cm³/mol. The SMILES string of the molecule is Cn1ccnc1CCC(N)C1COCCN1C(=O)OC(C)(C)C. The summed E-state index contributed by atoms with van der Waals surface area (Å²) >= 11 is 0. The standard InChI is InChI=1S/C16H28N4O3/c1-16(2,3)23-15(21)20-9-10-22-11-13(20)12(17)5-6-14-18-7-8-19(14)4/h7-8,12-13H,5-6,9-11,17H2,1-4H3. The largest absolute Gasteiger partial charge is 0.444 e. The van der Waals surface area contributed by atoms with Crippen molar-refractivity contribution >= 4 is 6.09 Å². The molecule has 1 aliphatic rings. The van der Waals surface area contributed by atoms with Crippen molar-refractivity contribution in [1.82, 2.24) is 14.5 Å². The molecule has 0 radical (unpaired) electrons. The number of imidazole rings is 1. The van der Waals surface area contributed by atoms with Gasteiger partial charge in [0.25, 0.3) is 0 Å². The van der Waals surface area contributed by atoms with Crippen molar-refractivity contribution < 1.29 is 14.3 Å². The molecule has 7 heteroatoms. The number of nitrogens with two attached hydrogens (primary N) is 1. The maximum absolute atomic E-state index is 12.4. The Balaban J connectivity index is 1.96. The van der Waals surface area contributed by atoms with E-state index in [1.54, 1.807) is 11.1 Å². The molecule has 2 unspecified atom stereocenters. The average Bonchev–Trinajstić information content (AvgIpc) is 2.88. The van der Waals surface area contributed by atoms with Crippen molar-refractivity contribution in [3.8, 4) is 0 Å². The fraction of sp³-hybridized carbons (Fsp3) is 0.750. The summed E-state index contributed by atoms with van der Waals surface area (Å²) in [4.78, 5) is 18.4. The number of carbonyl (C=O) groups is 1. The van der Waals surface area contributed by atoms with Crippen molar-refractivity contribution in [2.45, 2.75) is 51.3 Å². The first-order valence-electron chi connectivity index (χ1n) is 8.07. The highest BCUT2D eigenvalue weighted by Gasteiger charge is 2.34. The van der Waals surface area contributed by atoms with Crippen LogP contribution in [0, 0.1) is 0 Å². The van der Waals surface area contributed by atoms with E-state index < -0.39 is 5.60 Å². The van der Waals surface area contributed by atoms with Crippen molar-refractivity contribution in [1.29, 1.82) is 0 Å². The lowest BCUT2D eigenvalue weighted by atomic mass is 10.0. The van der Waals surface area contributed by atoms with Gasteiger partial charge in [0, 0.05) is 38.4 Å². The second-order valence-electron chi connectivity index (χ2n) is 6.97. The minimum atomic E-state index is -0.517. The molecule has 2 N–H and O–H groups in total. The van der Waals surface area contributed by atoms with Crippen LogP contribution in [-0.2, 0) is 22.9 Å². The lowest BCUT2D eigenvalue weighted by molar-refractivity contribution is -0.0384. The normalized spacial score (nSPS) is 20.4. The van der Waals surface area contributed by atoms with Gasteiger partial charge >= 0.3 is 6.09 Å². The Morgan fingerprint density at radius 3 is 2.91 bits per heavy atom. The van der Waals surface area contributed by atoms with Crippen LogP contribution in [0.3, 0.4) is 0 Å². The number of aromatic nitrogens is 2. The van der Waals surface area contributed by atoms with Gasteiger partial charge in [-0.1, -0.05) is 0 Å². The topological polar surface area (TPSA) is 82.6 Å². The summed E-state index contributed by atoms with van der Waals surface area (Å²) in [5.74, 6) is 0.987. The summed E-state index contributed by atoms with van der Waals surface area (Å²) in [5, 5.41) is 0. The molecular formula is C16H28N4O3. The summed E-state index contributed by atoms with van der Waals surface area (Å²) in [7, 11) is 1.96. The van der Waals surface area contributed by atoms with Crippen molar-refractivity contribution in [3.63, 3.8) is 0 Å². The van der Waals surface area contributed by atoms with Crippen molar-refractivity contribution in [2.75, 3.05) is 19.8 Å². The highest BCUT2D eigenvalue weighted by Crippen LogP contribution is 2.18. The number of hydrogen-bond acceptors (Lipinski definition) is 5. The number of morpholine rings is 1. The molecule has 0 aliphatic carbocycles. The molecule has 2 rings (SSSR count). The van der Waals surface area contributed by atoms with Crippen LogP contribution in [-0.4, -0.2) is 58.0 Å². The monoisotopic (exact) mass is 324 g/mol. The quantitative estimate of drug-likeness (QED) is 0.903. The summed E-state index contributed by atoms with van der Waals surface area (Å²) in [6.45, 7) is 7.06. The molecule has 1 saturated heterocycles. The van der Waals surface area contributed by atoms with Crippen LogP contribution in [0.5, 0.6) is 0 Å². The van der Waals surface area contributed by atoms with Gasteiger partial charge in [0.15, 0.2) is 0 Å². The molecule has 1 aliphatic heterocycles. The van der Waals surface area contributed by atoms with Gasteiger partial charge in [0.05, 0.1) is 19.3 Å². The number of nitrogens with zero attached hydrogens (tertiary/aromatic N) is 3. The molecule has 0 bridgehead atoms. The molecule has 1 aromatic rings. The van der Waals surface area contributed by atoms with E-state index in [0.717, 1.165) is 18.7 Å². The number of amides is 1. The van der Waals surface area contributed by atoms with Crippen LogP contribution in [0.4, 0.5) is 4.79 Å². The van der Waals surface area contributed by atoms with E-state index in [2.05, 4.69) is 4.98 Å². The van der Waals surface area contributed by atoms with Gasteiger partial charge in [0.2, 0.25) is 0 Å². The minimum Gasteiger partial charge on any atom is -0.444 e. The highest BCUT2D eigenvalue weighted by atomic mass is 16.6. The third-order valence-electron chi connectivity index (χ3n) is 3.91. The zero-order chi connectivity index (χ0) is 17.0. The smallest absolute Gasteiger partial charge is 0.410 e. The lowest BCUT2D eigenvalue weighted by Crippen LogP contribution is -2.57. The maximum Gasteiger partial charge on any atom is 0.410 e. The second-order valence-corrected chi connectivity index (χ2v) is 6.97. The number of carbonyl (C=O) groups excluding carboxylic acids is 1. The Hall–Kier alpha value is -1.60. The van der Waals surface area contributed by atoms with Crippen LogP contribution in [0.15, 0.2) is 12.4 Å². The highest BCUT2D eigenvalue weighted by molar-refractivity contribution is 5.68. The fourth-order valence-electron chi connectivity index (χ4n) is 2.65. The molecule has 2 heterocycles. The minimum absolute atomic E-state index is 0.168. The predicted octanol–water partition coefficient (Wildman–Crippen LogP) is 1.32. The Morgan fingerprint density at radius 1 is 1.57 bits per heavy atom. The second kappa shape index (κ2) is 7.31. The zero-order valence-corrected chi connectivity index (χ0v) is 14.5. The Labute approximate surface area is 137 Å². The molecule has 2 atom stereocenters. The lowest BCUT2D eigenvalue weighted by Gasteiger charge is -2.39.